The third-order valence-electron chi connectivity index (χ3n) is 11.5. The van der Waals surface area contributed by atoms with Crippen molar-refractivity contribution in [2.45, 2.75) is 96.9 Å². The zero-order valence-corrected chi connectivity index (χ0v) is 34.4. The summed E-state index contributed by atoms with van der Waals surface area (Å²) >= 11 is 1.42. The van der Waals surface area contributed by atoms with E-state index in [1.54, 1.807) is 6.07 Å². The number of aliphatic hydroxyl groups is 1. The monoisotopic (exact) mass is 771 g/mol. The highest BCUT2D eigenvalue weighted by Gasteiger charge is 2.39. The Labute approximate surface area is 331 Å². The molecule has 6 rings (SSSR count). The number of allylic oxidation sites excluding steroid dienone is 2. The molecular weight excluding hydrogens is 711 g/mol. The number of carboxylic acid groups (broad SMARTS) is 1. The third-order valence-corrected chi connectivity index (χ3v) is 13.0. The predicted molar refractivity (Wildman–Crippen MR) is 220 cm³/mol. The van der Waals surface area contributed by atoms with Gasteiger partial charge in [0.2, 0.25) is 5.91 Å². The van der Waals surface area contributed by atoms with Crippen molar-refractivity contribution in [1.82, 2.24) is 25.1 Å². The standard InChI is InChI=1S/C40H50N4O4S.C4H11NO/c1-5-25-6-10-27(11-7-25)28-14-16-29(17-15-28)31-21-41-36(42-22-31)30-12-8-26(9-13-30)20-33(38(46)44-23-32(24-44)39(47)48)43-37(45)34-18-19-35(49-34)40(2,3)4;1-5(2)3-4-6/h8-9,12-13,16,18-19,21-22,25,27-28,32-33H,5-7,10-11,14-15,17,20,23-24H2,1-4H3,(H,43,45)(H,47,48);6H,3-4H2,1-2H3/t25?,27?,28?,33-;/m0./s1. The van der Waals surface area contributed by atoms with Gasteiger partial charge in [0.15, 0.2) is 5.82 Å². The maximum absolute atomic E-state index is 13.5. The Hall–Kier alpha value is -3.93. The highest BCUT2D eigenvalue weighted by atomic mass is 32.1. The minimum Gasteiger partial charge on any atom is -0.481 e. The van der Waals surface area contributed by atoms with Crippen LogP contribution in [0.4, 0.5) is 0 Å². The summed E-state index contributed by atoms with van der Waals surface area (Å²) in [7, 11) is 3.85. The number of hydrogen-bond acceptors (Lipinski definition) is 8. The van der Waals surface area contributed by atoms with Gasteiger partial charge in [0.25, 0.3) is 5.91 Å². The Bertz CT molecular complexity index is 1750. The van der Waals surface area contributed by atoms with Crippen LogP contribution in [0.25, 0.3) is 17.0 Å². The minimum atomic E-state index is -0.910. The third kappa shape index (κ3) is 11.6. The van der Waals surface area contributed by atoms with Gasteiger partial charge in [-0.2, -0.15) is 0 Å². The lowest BCUT2D eigenvalue weighted by Crippen LogP contribution is -2.59. The average molecular weight is 772 g/mol. The fourth-order valence-electron chi connectivity index (χ4n) is 7.81. The summed E-state index contributed by atoms with van der Waals surface area (Å²) in [5, 5.41) is 20.5. The van der Waals surface area contributed by atoms with Gasteiger partial charge >= 0.3 is 5.97 Å². The lowest BCUT2D eigenvalue weighted by atomic mass is 9.71. The van der Waals surface area contributed by atoms with Gasteiger partial charge in [-0.3, -0.25) is 14.4 Å². The number of likely N-dealkylation sites (N-methyl/N-ethyl adjacent to an activating group) is 1. The summed E-state index contributed by atoms with van der Waals surface area (Å²) in [6.45, 7) is 9.94. The van der Waals surface area contributed by atoms with Gasteiger partial charge in [0.1, 0.15) is 6.04 Å². The number of carbonyl (C=O) groups is 3. The van der Waals surface area contributed by atoms with E-state index >= 15 is 0 Å². The van der Waals surface area contributed by atoms with Crippen molar-refractivity contribution in [3.63, 3.8) is 0 Å². The van der Waals surface area contributed by atoms with Gasteiger partial charge < -0.3 is 25.3 Å². The van der Waals surface area contributed by atoms with Crippen molar-refractivity contribution < 1.29 is 24.6 Å². The summed E-state index contributed by atoms with van der Waals surface area (Å²) in [5.41, 5.74) is 4.12. The van der Waals surface area contributed by atoms with Crippen molar-refractivity contribution in [2.24, 2.45) is 23.7 Å². The molecule has 55 heavy (non-hydrogen) atoms. The molecule has 0 radical (unpaired) electrons. The molecular formula is C44H61N5O5S. The first-order chi connectivity index (χ1) is 26.2. The van der Waals surface area contributed by atoms with E-state index in [0.717, 1.165) is 58.7 Å². The summed E-state index contributed by atoms with van der Waals surface area (Å²) < 4.78 is 0. The lowest BCUT2D eigenvalue weighted by Gasteiger charge is -2.38. The number of aromatic nitrogens is 2. The van der Waals surface area contributed by atoms with Crippen molar-refractivity contribution in [1.29, 1.82) is 0 Å². The van der Waals surface area contributed by atoms with Gasteiger partial charge in [-0.15, -0.1) is 11.3 Å². The number of thiophene rings is 1. The molecule has 1 aliphatic heterocycles. The molecule has 3 N–H and O–H groups in total. The molecule has 10 nitrogen and oxygen atoms in total. The second-order valence-corrected chi connectivity index (χ2v) is 18.0. The zero-order chi connectivity index (χ0) is 39.7. The van der Waals surface area contributed by atoms with Gasteiger partial charge in [-0.25, -0.2) is 9.97 Å². The summed E-state index contributed by atoms with van der Waals surface area (Å²) in [6.07, 6.45) is 17.0. The molecule has 2 aromatic heterocycles. The van der Waals surface area contributed by atoms with Crippen LogP contribution in [0.15, 0.2) is 54.9 Å². The van der Waals surface area contributed by atoms with Crippen molar-refractivity contribution in [3.05, 3.63) is 75.7 Å². The number of aliphatic hydroxyl groups excluding tert-OH is 1. The van der Waals surface area contributed by atoms with Gasteiger partial charge in [0.05, 0.1) is 17.4 Å². The predicted octanol–water partition coefficient (Wildman–Crippen LogP) is 7.33. The van der Waals surface area contributed by atoms with Crippen molar-refractivity contribution in [3.8, 4) is 11.4 Å². The Morgan fingerprint density at radius 3 is 2.13 bits per heavy atom. The Balaban J connectivity index is 0.000000895. The SMILES string of the molecule is CCC1CCC(C2CC=C(c3cnc(-c4ccc(C[C@H](NC(=O)c5ccc(C(C)(C)C)s5)C(=O)N5CC(C(=O)O)C5)cc4)nc3)CC2)CC1.CN(C)CCO. The number of rotatable bonds is 12. The van der Waals surface area contributed by atoms with Gasteiger partial charge in [0, 0.05) is 54.5 Å². The van der Waals surface area contributed by atoms with E-state index in [9.17, 15) is 19.5 Å². The number of hydrogen-bond donors (Lipinski definition) is 3. The first-order valence-corrected chi connectivity index (χ1v) is 20.9. The minimum absolute atomic E-state index is 0.0859. The molecule has 1 saturated heterocycles. The summed E-state index contributed by atoms with van der Waals surface area (Å²) in [5.74, 6) is 1.23. The van der Waals surface area contributed by atoms with Crippen LogP contribution in [0.3, 0.4) is 0 Å². The van der Waals surface area contributed by atoms with Crippen LogP contribution in [-0.4, -0.2) is 94.1 Å². The van der Waals surface area contributed by atoms with E-state index < -0.39 is 17.9 Å². The van der Waals surface area contributed by atoms with Crippen molar-refractivity contribution >= 4 is 34.7 Å². The van der Waals surface area contributed by atoms with Crippen LogP contribution in [0.2, 0.25) is 0 Å². The van der Waals surface area contributed by atoms with E-state index in [1.807, 2.05) is 61.7 Å². The quantitative estimate of drug-likeness (QED) is 0.174. The number of nitrogens with zero attached hydrogens (tertiary/aromatic N) is 4. The van der Waals surface area contributed by atoms with E-state index in [1.165, 1.54) is 60.3 Å². The number of likely N-dealkylation sites (tertiary alicyclic amines) is 1. The Morgan fingerprint density at radius 1 is 0.945 bits per heavy atom. The van der Waals surface area contributed by atoms with Crippen LogP contribution in [0, 0.1) is 23.7 Å². The molecule has 2 atom stereocenters. The molecule has 298 valence electrons. The van der Waals surface area contributed by atoms with Crippen LogP contribution in [-0.2, 0) is 21.4 Å². The summed E-state index contributed by atoms with van der Waals surface area (Å²) in [4.78, 5) is 52.7. The highest BCUT2D eigenvalue weighted by Crippen LogP contribution is 2.41. The van der Waals surface area contributed by atoms with Crippen LogP contribution in [0.1, 0.15) is 105 Å². The smallest absolute Gasteiger partial charge is 0.310 e. The molecule has 3 aromatic rings. The molecule has 1 saturated carbocycles. The molecule has 2 fully saturated rings. The number of benzene rings is 1. The normalized spacial score (nSPS) is 20.8. The molecule has 0 spiro atoms. The fourth-order valence-corrected chi connectivity index (χ4v) is 8.78. The first kappa shape index (κ1) is 42.2. The zero-order valence-electron chi connectivity index (χ0n) is 33.6. The number of carbonyl (C=O) groups excluding carboxylic acids is 2. The van der Waals surface area contributed by atoms with Gasteiger partial charge in [-0.1, -0.05) is 77.3 Å². The lowest BCUT2D eigenvalue weighted by molar-refractivity contribution is -0.153. The first-order valence-electron chi connectivity index (χ1n) is 20.0. The molecule has 11 heteroatoms. The molecule has 2 amide bonds. The maximum Gasteiger partial charge on any atom is 0.310 e. The number of aliphatic carboxylic acids is 1. The molecule has 3 aliphatic rings. The average Bonchev–Trinajstić information content (AvgIpc) is 3.67. The molecule has 3 heterocycles. The summed E-state index contributed by atoms with van der Waals surface area (Å²) in [6, 6.07) is 10.7. The molecule has 1 unspecified atom stereocenters. The number of nitrogens with one attached hydrogen (secondary N) is 1. The molecule has 1 aromatic carbocycles. The second kappa shape index (κ2) is 19.3. The van der Waals surface area contributed by atoms with E-state index in [2.05, 4.69) is 39.1 Å². The van der Waals surface area contributed by atoms with Crippen molar-refractivity contribution in [2.75, 3.05) is 40.3 Å². The highest BCUT2D eigenvalue weighted by molar-refractivity contribution is 7.14. The van der Waals surface area contributed by atoms with E-state index in [-0.39, 0.29) is 43.3 Å². The number of carboxylic acids is 1. The van der Waals surface area contributed by atoms with E-state index in [4.69, 9.17) is 15.1 Å². The van der Waals surface area contributed by atoms with Crippen LogP contribution < -0.4 is 5.32 Å². The fraction of sp³-hybridized carbons (Fsp3) is 0.568. The van der Waals surface area contributed by atoms with Gasteiger partial charge in [-0.05, 0) is 92.6 Å². The topological polar surface area (TPSA) is 136 Å². The Morgan fingerprint density at radius 2 is 1.62 bits per heavy atom. The maximum atomic E-state index is 13.5. The second-order valence-electron chi connectivity index (χ2n) is 16.9. The Kier molecular flexibility index (Phi) is 14.8. The van der Waals surface area contributed by atoms with Crippen LogP contribution >= 0.6 is 11.3 Å². The van der Waals surface area contributed by atoms with Crippen LogP contribution in [0.5, 0.6) is 0 Å². The number of amides is 2. The molecule has 2 aliphatic carbocycles. The van der Waals surface area contributed by atoms with E-state index in [0.29, 0.717) is 10.7 Å². The molecule has 0 bridgehead atoms. The largest absolute Gasteiger partial charge is 0.481 e.